The first-order valence-electron chi connectivity index (χ1n) is 7.22. The van der Waals surface area contributed by atoms with E-state index in [9.17, 15) is 9.59 Å². The molecule has 0 saturated heterocycles. The summed E-state index contributed by atoms with van der Waals surface area (Å²) in [4.78, 5) is 31.7. The van der Waals surface area contributed by atoms with Crippen LogP contribution in [0.4, 0.5) is 5.82 Å². The number of carbonyl (C=O) groups is 1. The number of anilines is 1. The van der Waals surface area contributed by atoms with Crippen LogP contribution in [0.5, 0.6) is 0 Å². The van der Waals surface area contributed by atoms with E-state index in [1.807, 2.05) is 38.1 Å². The first-order chi connectivity index (χ1) is 10.6. The van der Waals surface area contributed by atoms with Crippen molar-refractivity contribution in [2.75, 3.05) is 11.1 Å². The average Bonchev–Trinajstić information content (AvgIpc) is 2.46. The van der Waals surface area contributed by atoms with Crippen LogP contribution in [-0.4, -0.2) is 21.6 Å². The van der Waals surface area contributed by atoms with E-state index in [-0.39, 0.29) is 23.8 Å². The smallest absolute Gasteiger partial charge is 0.257 e. The van der Waals surface area contributed by atoms with Gasteiger partial charge in [-0.2, -0.15) is 0 Å². The highest BCUT2D eigenvalue weighted by Crippen LogP contribution is 2.35. The maximum absolute atomic E-state index is 12.5. The van der Waals surface area contributed by atoms with Crippen LogP contribution in [0, 0.1) is 6.92 Å². The highest BCUT2D eigenvalue weighted by atomic mass is 32.2. The molecule has 1 aromatic heterocycles. The van der Waals surface area contributed by atoms with E-state index in [0.29, 0.717) is 16.5 Å². The van der Waals surface area contributed by atoms with Gasteiger partial charge in [0.15, 0.2) is 5.16 Å². The van der Waals surface area contributed by atoms with E-state index < -0.39 is 0 Å². The normalized spacial score (nSPS) is 17.0. The topological polar surface area (TPSA) is 74.8 Å². The van der Waals surface area contributed by atoms with Gasteiger partial charge in [-0.05, 0) is 23.8 Å². The quantitative estimate of drug-likeness (QED) is 0.674. The summed E-state index contributed by atoms with van der Waals surface area (Å²) in [6.45, 7) is 3.98. The maximum Gasteiger partial charge on any atom is 0.257 e. The predicted molar refractivity (Wildman–Crippen MR) is 87.5 cm³/mol. The van der Waals surface area contributed by atoms with Crippen LogP contribution < -0.4 is 10.9 Å². The zero-order chi connectivity index (χ0) is 15.7. The van der Waals surface area contributed by atoms with Gasteiger partial charge in [0.1, 0.15) is 5.82 Å². The molecule has 1 aliphatic rings. The summed E-state index contributed by atoms with van der Waals surface area (Å²) in [6, 6.07) is 7.84. The highest BCUT2D eigenvalue weighted by molar-refractivity contribution is 7.99. The molecule has 2 N–H and O–H groups in total. The Morgan fingerprint density at radius 3 is 2.82 bits per heavy atom. The standard InChI is InChI=1S/C16H17N3O2S/c1-3-22-16-18-14-13(15(21)19-16)11(8-12(20)17-14)10-7-5-4-6-9(10)2/h4-7,11H,3,8H2,1-2H3,(H2,17,18,19,20,21)/t11-/m1/s1. The summed E-state index contributed by atoms with van der Waals surface area (Å²) in [5, 5.41) is 3.27. The molecule has 22 heavy (non-hydrogen) atoms. The third-order valence-corrected chi connectivity index (χ3v) is 4.53. The van der Waals surface area contributed by atoms with E-state index in [0.717, 1.165) is 16.9 Å². The van der Waals surface area contributed by atoms with Crippen molar-refractivity contribution in [2.24, 2.45) is 0 Å². The minimum Gasteiger partial charge on any atom is -0.310 e. The van der Waals surface area contributed by atoms with Gasteiger partial charge in [0.2, 0.25) is 5.91 Å². The molecule has 6 heteroatoms. The molecular weight excluding hydrogens is 298 g/mol. The molecule has 0 radical (unpaired) electrons. The second kappa shape index (κ2) is 5.96. The Bertz CT molecular complexity index is 785. The van der Waals surface area contributed by atoms with Gasteiger partial charge in [-0.25, -0.2) is 4.98 Å². The van der Waals surface area contributed by atoms with Crippen molar-refractivity contribution in [3.05, 3.63) is 51.3 Å². The lowest BCUT2D eigenvalue weighted by Crippen LogP contribution is -2.31. The number of rotatable bonds is 3. The van der Waals surface area contributed by atoms with Crippen LogP contribution in [0.2, 0.25) is 0 Å². The van der Waals surface area contributed by atoms with Gasteiger partial charge in [0.05, 0.1) is 5.56 Å². The molecule has 5 nitrogen and oxygen atoms in total. The van der Waals surface area contributed by atoms with E-state index in [2.05, 4.69) is 15.3 Å². The van der Waals surface area contributed by atoms with Gasteiger partial charge in [-0.15, -0.1) is 0 Å². The molecule has 0 bridgehead atoms. The Morgan fingerprint density at radius 1 is 1.32 bits per heavy atom. The average molecular weight is 315 g/mol. The number of nitrogens with one attached hydrogen (secondary N) is 2. The monoisotopic (exact) mass is 315 g/mol. The summed E-state index contributed by atoms with van der Waals surface area (Å²) in [5.74, 6) is 0.842. The first-order valence-corrected chi connectivity index (χ1v) is 8.21. The van der Waals surface area contributed by atoms with Crippen LogP contribution in [-0.2, 0) is 4.79 Å². The summed E-state index contributed by atoms with van der Waals surface area (Å²) in [6.07, 6.45) is 0.267. The molecule has 2 heterocycles. The van der Waals surface area contributed by atoms with Crippen LogP contribution in [0.3, 0.4) is 0 Å². The van der Waals surface area contributed by atoms with Crippen LogP contribution >= 0.6 is 11.8 Å². The third kappa shape index (κ3) is 2.66. The number of carbonyl (C=O) groups excluding carboxylic acids is 1. The number of H-pyrrole nitrogens is 1. The molecule has 0 unspecified atom stereocenters. The van der Waals surface area contributed by atoms with Crippen LogP contribution in [0.25, 0.3) is 0 Å². The highest BCUT2D eigenvalue weighted by Gasteiger charge is 2.31. The van der Waals surface area contributed by atoms with E-state index in [4.69, 9.17) is 0 Å². The second-order valence-corrected chi connectivity index (χ2v) is 6.48. The molecule has 0 saturated carbocycles. The maximum atomic E-state index is 12.5. The number of aryl methyl sites for hydroxylation is 1. The molecule has 1 atom stereocenters. The number of amides is 1. The fraction of sp³-hybridized carbons (Fsp3) is 0.312. The number of benzene rings is 1. The van der Waals surface area contributed by atoms with Gasteiger partial charge in [0, 0.05) is 12.3 Å². The summed E-state index contributed by atoms with van der Waals surface area (Å²) in [5.41, 5.74) is 2.45. The zero-order valence-corrected chi connectivity index (χ0v) is 13.3. The summed E-state index contributed by atoms with van der Waals surface area (Å²) >= 11 is 1.45. The third-order valence-electron chi connectivity index (χ3n) is 3.77. The number of aromatic amines is 1. The fourth-order valence-corrected chi connectivity index (χ4v) is 3.39. The van der Waals surface area contributed by atoms with Crippen molar-refractivity contribution < 1.29 is 4.79 Å². The van der Waals surface area contributed by atoms with Crippen molar-refractivity contribution >= 4 is 23.5 Å². The summed E-state index contributed by atoms with van der Waals surface area (Å²) < 4.78 is 0. The van der Waals surface area contributed by atoms with Gasteiger partial charge < -0.3 is 10.3 Å². The number of fused-ring (bicyclic) bond motifs is 1. The Morgan fingerprint density at radius 2 is 2.09 bits per heavy atom. The fourth-order valence-electron chi connectivity index (χ4n) is 2.80. The first kappa shape index (κ1) is 14.8. The molecule has 0 fully saturated rings. The molecule has 3 rings (SSSR count). The molecule has 0 spiro atoms. The molecule has 1 aliphatic heterocycles. The van der Waals surface area contributed by atoms with Gasteiger partial charge in [-0.3, -0.25) is 9.59 Å². The molecule has 0 aliphatic carbocycles. The van der Waals surface area contributed by atoms with E-state index in [1.54, 1.807) is 0 Å². The van der Waals surface area contributed by atoms with Crippen molar-refractivity contribution in [1.82, 2.24) is 9.97 Å². The van der Waals surface area contributed by atoms with Crippen LogP contribution in [0.15, 0.2) is 34.2 Å². The van der Waals surface area contributed by atoms with Crippen LogP contribution in [0.1, 0.15) is 36.0 Å². The van der Waals surface area contributed by atoms with Crippen molar-refractivity contribution in [1.29, 1.82) is 0 Å². The number of hydrogen-bond donors (Lipinski definition) is 2. The zero-order valence-electron chi connectivity index (χ0n) is 12.5. The molecular formula is C16H17N3O2S. The van der Waals surface area contributed by atoms with E-state index >= 15 is 0 Å². The number of aromatic nitrogens is 2. The molecule has 1 aromatic carbocycles. The number of hydrogen-bond acceptors (Lipinski definition) is 4. The number of thioether (sulfide) groups is 1. The van der Waals surface area contributed by atoms with Gasteiger partial charge in [-0.1, -0.05) is 43.0 Å². The largest absolute Gasteiger partial charge is 0.310 e. The predicted octanol–water partition coefficient (Wildman–Crippen LogP) is 2.66. The number of nitrogens with zero attached hydrogens (tertiary/aromatic N) is 1. The van der Waals surface area contributed by atoms with Gasteiger partial charge in [0.25, 0.3) is 5.56 Å². The Hall–Kier alpha value is -2.08. The Kier molecular flexibility index (Phi) is 4.02. The Balaban J connectivity index is 2.16. The molecule has 114 valence electrons. The summed E-state index contributed by atoms with van der Waals surface area (Å²) in [7, 11) is 0. The molecule has 1 amide bonds. The van der Waals surface area contributed by atoms with Crippen molar-refractivity contribution in [3.63, 3.8) is 0 Å². The Labute approximate surface area is 132 Å². The van der Waals surface area contributed by atoms with Crippen molar-refractivity contribution in [2.45, 2.75) is 31.3 Å². The van der Waals surface area contributed by atoms with E-state index in [1.165, 1.54) is 11.8 Å². The molecule has 2 aromatic rings. The SMILES string of the molecule is CCSc1nc2c(c(=O)[nH]1)[C@@H](c1ccccc1C)CC(=O)N2. The lowest BCUT2D eigenvalue weighted by atomic mass is 9.84. The minimum atomic E-state index is -0.248. The van der Waals surface area contributed by atoms with Gasteiger partial charge >= 0.3 is 0 Å². The minimum absolute atomic E-state index is 0.105. The lowest BCUT2D eigenvalue weighted by molar-refractivity contribution is -0.116. The van der Waals surface area contributed by atoms with Crippen molar-refractivity contribution in [3.8, 4) is 0 Å². The lowest BCUT2D eigenvalue weighted by Gasteiger charge is -2.25. The second-order valence-electron chi connectivity index (χ2n) is 5.23.